The van der Waals surface area contributed by atoms with E-state index in [0.717, 1.165) is 23.2 Å². The van der Waals surface area contributed by atoms with E-state index < -0.39 is 0 Å². The van der Waals surface area contributed by atoms with Gasteiger partial charge in [0.15, 0.2) is 0 Å². The summed E-state index contributed by atoms with van der Waals surface area (Å²) >= 11 is 0. The second kappa shape index (κ2) is 6.02. The molecule has 0 N–H and O–H groups in total. The van der Waals surface area contributed by atoms with Gasteiger partial charge in [-0.2, -0.15) is 0 Å². The summed E-state index contributed by atoms with van der Waals surface area (Å²) in [6.07, 6.45) is 6.85. The molecule has 0 saturated heterocycles. The van der Waals surface area contributed by atoms with Crippen molar-refractivity contribution in [2.45, 2.75) is 32.6 Å². The van der Waals surface area contributed by atoms with Crippen molar-refractivity contribution in [3.63, 3.8) is 0 Å². The molecule has 0 bridgehead atoms. The molecule has 1 aliphatic rings. The summed E-state index contributed by atoms with van der Waals surface area (Å²) in [5.41, 5.74) is 2.89. The highest BCUT2D eigenvalue weighted by molar-refractivity contribution is 6.08. The van der Waals surface area contributed by atoms with E-state index in [2.05, 4.69) is 13.0 Å². The third-order valence-electron chi connectivity index (χ3n) is 3.40. The van der Waals surface area contributed by atoms with E-state index in [4.69, 9.17) is 0 Å². The number of allylic oxidation sites excluding steroid dienone is 1. The van der Waals surface area contributed by atoms with Crippen LogP contribution in [0.4, 0.5) is 0 Å². The molecule has 0 atom stereocenters. The lowest BCUT2D eigenvalue weighted by Gasteiger charge is -2.25. The Bertz CT molecular complexity index is 491. The lowest BCUT2D eigenvalue weighted by molar-refractivity contribution is 0.0520. The van der Waals surface area contributed by atoms with E-state index in [1.54, 1.807) is 5.01 Å². The molecule has 1 aromatic rings. The van der Waals surface area contributed by atoms with Crippen LogP contribution < -0.4 is 0 Å². The zero-order valence-corrected chi connectivity index (χ0v) is 12.0. The lowest BCUT2D eigenvalue weighted by Crippen LogP contribution is -2.36. The van der Waals surface area contributed by atoms with Crippen LogP contribution in [-0.2, 0) is 0 Å². The maximum atomic E-state index is 12.4. The summed E-state index contributed by atoms with van der Waals surface area (Å²) in [5, 5.41) is 3.62. The van der Waals surface area contributed by atoms with Crippen LogP contribution in [0, 0.1) is 0 Å². The third-order valence-corrected chi connectivity index (χ3v) is 3.40. The quantitative estimate of drug-likeness (QED) is 0.754. The maximum Gasteiger partial charge on any atom is 0.273 e. The normalized spacial score (nSPS) is 16.5. The van der Waals surface area contributed by atoms with E-state index in [9.17, 15) is 4.79 Å². The molecule has 0 aromatic heterocycles. The van der Waals surface area contributed by atoms with Gasteiger partial charge in [-0.3, -0.25) is 4.79 Å². The van der Waals surface area contributed by atoms with E-state index in [1.807, 2.05) is 43.4 Å². The standard InChI is InChI=1S/C16H22N2O/c1-4-5-6-7-12-15-13-10-8-9-11-14(13)16(19)18(15)17(2)3/h8-12H,4-7H2,1-3H3/b15-12-. The van der Waals surface area contributed by atoms with Crippen LogP contribution in [0.1, 0.15) is 48.5 Å². The van der Waals surface area contributed by atoms with Gasteiger partial charge in [0, 0.05) is 19.7 Å². The predicted octanol–water partition coefficient (Wildman–Crippen LogP) is 3.54. The Morgan fingerprint density at radius 3 is 2.47 bits per heavy atom. The molecule has 0 aliphatic carbocycles. The number of unbranched alkanes of at least 4 members (excludes halogenated alkanes) is 3. The van der Waals surface area contributed by atoms with Crippen molar-refractivity contribution in [2.24, 2.45) is 0 Å². The lowest BCUT2D eigenvalue weighted by atomic mass is 10.1. The van der Waals surface area contributed by atoms with Crippen LogP contribution in [0.25, 0.3) is 5.70 Å². The molecule has 2 rings (SSSR count). The minimum Gasteiger partial charge on any atom is -0.267 e. The average molecular weight is 258 g/mol. The van der Waals surface area contributed by atoms with Crippen LogP contribution in [-0.4, -0.2) is 30.0 Å². The molecule has 0 fully saturated rings. The Balaban J connectivity index is 2.29. The second-order valence-corrected chi connectivity index (χ2v) is 5.09. The third kappa shape index (κ3) is 2.71. The molecular formula is C16H22N2O. The number of carbonyl (C=O) groups is 1. The van der Waals surface area contributed by atoms with Gasteiger partial charge in [-0.15, -0.1) is 0 Å². The average Bonchev–Trinajstić information content (AvgIpc) is 2.69. The van der Waals surface area contributed by atoms with Crippen LogP contribution in [0.3, 0.4) is 0 Å². The fourth-order valence-electron chi connectivity index (χ4n) is 2.46. The van der Waals surface area contributed by atoms with Crippen molar-refractivity contribution >= 4 is 11.6 Å². The van der Waals surface area contributed by atoms with Crippen molar-refractivity contribution < 1.29 is 4.79 Å². The van der Waals surface area contributed by atoms with Crippen molar-refractivity contribution in [3.8, 4) is 0 Å². The molecule has 19 heavy (non-hydrogen) atoms. The number of fused-ring (bicyclic) bond motifs is 1. The number of hydrazine groups is 1. The Hall–Kier alpha value is -1.61. The molecule has 102 valence electrons. The van der Waals surface area contributed by atoms with Gasteiger partial charge in [0.05, 0.1) is 11.3 Å². The Morgan fingerprint density at radius 1 is 1.16 bits per heavy atom. The zero-order chi connectivity index (χ0) is 13.8. The molecule has 1 amide bonds. The molecule has 3 heteroatoms. The highest BCUT2D eigenvalue weighted by Gasteiger charge is 2.33. The number of rotatable bonds is 5. The Labute approximate surface area is 115 Å². The number of hydrogen-bond acceptors (Lipinski definition) is 2. The van der Waals surface area contributed by atoms with Crippen LogP contribution in [0.15, 0.2) is 30.3 Å². The molecule has 0 spiro atoms. The first kappa shape index (κ1) is 13.8. The molecule has 1 aliphatic heterocycles. The molecule has 0 saturated carbocycles. The number of hydrogen-bond donors (Lipinski definition) is 0. The molecule has 1 heterocycles. The molecule has 0 radical (unpaired) electrons. The summed E-state index contributed by atoms with van der Waals surface area (Å²) in [7, 11) is 3.81. The van der Waals surface area contributed by atoms with Gasteiger partial charge in [0.25, 0.3) is 5.91 Å². The monoisotopic (exact) mass is 258 g/mol. The zero-order valence-electron chi connectivity index (χ0n) is 12.0. The van der Waals surface area contributed by atoms with Crippen LogP contribution in [0.5, 0.6) is 0 Å². The minimum atomic E-state index is 0.0716. The van der Waals surface area contributed by atoms with Gasteiger partial charge in [0.1, 0.15) is 0 Å². The van der Waals surface area contributed by atoms with E-state index in [-0.39, 0.29) is 5.91 Å². The van der Waals surface area contributed by atoms with Gasteiger partial charge in [-0.1, -0.05) is 44.0 Å². The first-order valence-electron chi connectivity index (χ1n) is 6.98. The Kier molecular flexibility index (Phi) is 4.38. The summed E-state index contributed by atoms with van der Waals surface area (Å²) in [5.74, 6) is 0.0716. The van der Waals surface area contributed by atoms with Crippen LogP contribution >= 0.6 is 0 Å². The summed E-state index contributed by atoms with van der Waals surface area (Å²) < 4.78 is 0. The van der Waals surface area contributed by atoms with Gasteiger partial charge in [-0.25, -0.2) is 10.0 Å². The molecule has 0 unspecified atom stereocenters. The topological polar surface area (TPSA) is 23.6 Å². The predicted molar refractivity (Wildman–Crippen MR) is 78.4 cm³/mol. The molecule has 1 aromatic carbocycles. The number of nitrogens with zero attached hydrogens (tertiary/aromatic N) is 2. The highest BCUT2D eigenvalue weighted by atomic mass is 16.2. The van der Waals surface area contributed by atoms with Gasteiger partial charge in [0.2, 0.25) is 0 Å². The van der Waals surface area contributed by atoms with Crippen molar-refractivity contribution in [1.29, 1.82) is 0 Å². The Morgan fingerprint density at radius 2 is 1.84 bits per heavy atom. The number of carbonyl (C=O) groups excluding carboxylic acids is 1. The second-order valence-electron chi connectivity index (χ2n) is 5.09. The van der Waals surface area contributed by atoms with Crippen LogP contribution in [0.2, 0.25) is 0 Å². The fourth-order valence-corrected chi connectivity index (χ4v) is 2.46. The molecule has 3 nitrogen and oxygen atoms in total. The first-order valence-corrected chi connectivity index (χ1v) is 6.98. The SMILES string of the molecule is CCCCC/C=C1/c2ccccc2C(=O)N1N(C)C. The van der Waals surface area contributed by atoms with Gasteiger partial charge in [-0.05, 0) is 18.9 Å². The smallest absolute Gasteiger partial charge is 0.267 e. The highest BCUT2D eigenvalue weighted by Crippen LogP contribution is 2.33. The number of amides is 1. The first-order chi connectivity index (χ1) is 9.16. The summed E-state index contributed by atoms with van der Waals surface area (Å²) in [4.78, 5) is 12.4. The van der Waals surface area contributed by atoms with Gasteiger partial charge >= 0.3 is 0 Å². The number of benzene rings is 1. The fraction of sp³-hybridized carbons (Fsp3) is 0.438. The van der Waals surface area contributed by atoms with Gasteiger partial charge < -0.3 is 0 Å². The van der Waals surface area contributed by atoms with E-state index in [1.165, 1.54) is 19.3 Å². The van der Waals surface area contributed by atoms with Crippen molar-refractivity contribution in [2.75, 3.05) is 14.1 Å². The summed E-state index contributed by atoms with van der Waals surface area (Å²) in [6.45, 7) is 2.20. The van der Waals surface area contributed by atoms with E-state index in [0.29, 0.717) is 0 Å². The largest absolute Gasteiger partial charge is 0.273 e. The van der Waals surface area contributed by atoms with Crippen molar-refractivity contribution in [1.82, 2.24) is 10.0 Å². The van der Waals surface area contributed by atoms with Crippen molar-refractivity contribution in [3.05, 3.63) is 41.5 Å². The minimum absolute atomic E-state index is 0.0716. The maximum absolute atomic E-state index is 12.4. The van der Waals surface area contributed by atoms with E-state index >= 15 is 0 Å². The molecular weight excluding hydrogens is 236 g/mol. The summed E-state index contributed by atoms with van der Waals surface area (Å²) in [6, 6.07) is 7.85.